The van der Waals surface area contributed by atoms with Gasteiger partial charge in [-0.3, -0.25) is 4.79 Å². The van der Waals surface area contributed by atoms with Crippen molar-refractivity contribution in [1.29, 1.82) is 0 Å². The number of hydrogen-bond donors (Lipinski definition) is 1. The number of likely N-dealkylation sites (N-methyl/N-ethyl adjacent to an activating group) is 1. The van der Waals surface area contributed by atoms with Gasteiger partial charge in [-0.1, -0.05) is 19.9 Å². The van der Waals surface area contributed by atoms with Gasteiger partial charge < -0.3 is 29.5 Å². The zero-order valence-corrected chi connectivity index (χ0v) is 25.4. The maximum atomic E-state index is 13.2. The first kappa shape index (κ1) is 28.9. The van der Waals surface area contributed by atoms with Crippen molar-refractivity contribution in [2.45, 2.75) is 88.4 Å². The third-order valence-corrected chi connectivity index (χ3v) is 9.23. The molecule has 11 heteroatoms. The third-order valence-electron chi connectivity index (χ3n) is 9.23. The molecule has 4 aliphatic heterocycles. The fourth-order valence-electron chi connectivity index (χ4n) is 6.88. The Balaban J connectivity index is 1.09. The van der Waals surface area contributed by atoms with E-state index in [0.717, 1.165) is 81.0 Å². The summed E-state index contributed by atoms with van der Waals surface area (Å²) in [6.07, 6.45) is 10.6. The molecule has 0 aromatic carbocycles. The van der Waals surface area contributed by atoms with Crippen molar-refractivity contribution in [2.75, 3.05) is 52.3 Å². The van der Waals surface area contributed by atoms with Crippen molar-refractivity contribution in [3.63, 3.8) is 0 Å². The number of fused-ring (bicyclic) bond motifs is 3. The average Bonchev–Trinajstić information content (AvgIpc) is 3.49. The zero-order valence-electron chi connectivity index (χ0n) is 25.4. The molecule has 0 aliphatic carbocycles. The quantitative estimate of drug-likeness (QED) is 0.473. The number of likely N-dealkylation sites (tertiary alicyclic amines) is 1. The molecule has 6 rings (SSSR count). The van der Waals surface area contributed by atoms with E-state index in [1.165, 1.54) is 0 Å². The SMILES string of the molecule is CC(C)c1cnn2c(NC3CC4CCC(C3)N4C(=O)OC3CN(C(=O)/C=C/CN(C)C)C3)cc(C3CCOCC3)nc12. The van der Waals surface area contributed by atoms with E-state index in [9.17, 15) is 9.59 Å². The normalized spacial score (nSPS) is 25.1. The summed E-state index contributed by atoms with van der Waals surface area (Å²) in [4.78, 5) is 36.3. The summed E-state index contributed by atoms with van der Waals surface area (Å²) in [7, 11) is 3.92. The molecule has 0 radical (unpaired) electrons. The van der Waals surface area contributed by atoms with E-state index < -0.39 is 0 Å². The van der Waals surface area contributed by atoms with Crippen LogP contribution in [0.2, 0.25) is 0 Å². The fraction of sp³-hybridized carbons (Fsp3) is 0.677. The first-order chi connectivity index (χ1) is 20.3. The van der Waals surface area contributed by atoms with Crippen molar-refractivity contribution < 1.29 is 19.1 Å². The smallest absolute Gasteiger partial charge is 0.410 e. The summed E-state index contributed by atoms with van der Waals surface area (Å²) in [5, 5.41) is 8.55. The number of aromatic nitrogens is 3. The van der Waals surface area contributed by atoms with Gasteiger partial charge in [0.05, 0.1) is 19.3 Å². The number of nitrogens with zero attached hydrogens (tertiary/aromatic N) is 6. The molecule has 228 valence electrons. The Kier molecular flexibility index (Phi) is 8.40. The van der Waals surface area contributed by atoms with E-state index in [2.05, 4.69) is 25.2 Å². The Hall–Kier alpha value is -3.18. The van der Waals surface area contributed by atoms with Crippen LogP contribution in [0.25, 0.3) is 5.65 Å². The highest BCUT2D eigenvalue weighted by atomic mass is 16.6. The molecule has 2 amide bonds. The van der Waals surface area contributed by atoms with E-state index in [1.54, 1.807) is 11.0 Å². The number of amides is 2. The average molecular weight is 580 g/mol. The second kappa shape index (κ2) is 12.2. The van der Waals surface area contributed by atoms with Crippen LogP contribution in [0.1, 0.15) is 75.5 Å². The molecule has 4 saturated heterocycles. The first-order valence-electron chi connectivity index (χ1n) is 15.6. The molecule has 4 aliphatic rings. The highest BCUT2D eigenvalue weighted by Gasteiger charge is 2.45. The number of hydrogen-bond acceptors (Lipinski definition) is 8. The summed E-state index contributed by atoms with van der Waals surface area (Å²) in [6.45, 7) is 7.55. The number of carbonyl (C=O) groups excluding carboxylic acids is 2. The molecule has 2 bridgehead atoms. The lowest BCUT2D eigenvalue weighted by atomic mass is 9.95. The van der Waals surface area contributed by atoms with E-state index in [4.69, 9.17) is 19.6 Å². The van der Waals surface area contributed by atoms with Gasteiger partial charge in [0.2, 0.25) is 5.91 Å². The van der Waals surface area contributed by atoms with Crippen LogP contribution in [-0.2, 0) is 14.3 Å². The van der Waals surface area contributed by atoms with Crippen molar-refractivity contribution in [3.8, 4) is 0 Å². The molecule has 2 atom stereocenters. The number of carbonyl (C=O) groups is 2. The van der Waals surface area contributed by atoms with Crippen LogP contribution < -0.4 is 5.32 Å². The Morgan fingerprint density at radius 2 is 1.86 bits per heavy atom. The summed E-state index contributed by atoms with van der Waals surface area (Å²) >= 11 is 0. The molecule has 0 spiro atoms. The summed E-state index contributed by atoms with van der Waals surface area (Å²) in [5.74, 6) is 1.67. The second-order valence-electron chi connectivity index (χ2n) is 13.0. The van der Waals surface area contributed by atoms with Gasteiger partial charge in [-0.2, -0.15) is 9.61 Å². The number of ether oxygens (including phenoxy) is 2. The monoisotopic (exact) mass is 579 g/mol. The van der Waals surface area contributed by atoms with E-state index >= 15 is 0 Å². The van der Waals surface area contributed by atoms with E-state index in [0.29, 0.717) is 24.9 Å². The van der Waals surface area contributed by atoms with Crippen LogP contribution in [0.4, 0.5) is 10.6 Å². The predicted molar refractivity (Wildman–Crippen MR) is 160 cm³/mol. The molecule has 2 unspecified atom stereocenters. The van der Waals surface area contributed by atoms with Crippen LogP contribution in [-0.4, -0.2) is 112 Å². The van der Waals surface area contributed by atoms with Gasteiger partial charge in [-0.25, -0.2) is 9.78 Å². The van der Waals surface area contributed by atoms with Crippen molar-refractivity contribution in [1.82, 2.24) is 29.3 Å². The van der Waals surface area contributed by atoms with Gasteiger partial charge in [-0.05, 0) is 58.5 Å². The molecular formula is C31H45N7O4. The number of piperidine rings is 1. The van der Waals surface area contributed by atoms with Crippen LogP contribution in [0, 0.1) is 0 Å². The Morgan fingerprint density at radius 3 is 2.52 bits per heavy atom. The third kappa shape index (κ3) is 5.99. The molecule has 1 N–H and O–H groups in total. The molecule has 42 heavy (non-hydrogen) atoms. The van der Waals surface area contributed by atoms with Crippen LogP contribution in [0.15, 0.2) is 24.4 Å². The van der Waals surface area contributed by atoms with Crippen LogP contribution in [0.5, 0.6) is 0 Å². The molecule has 0 saturated carbocycles. The molecule has 6 heterocycles. The highest BCUT2D eigenvalue weighted by Crippen LogP contribution is 2.38. The highest BCUT2D eigenvalue weighted by molar-refractivity contribution is 5.88. The lowest BCUT2D eigenvalue weighted by Gasteiger charge is -2.42. The minimum Gasteiger partial charge on any atom is -0.442 e. The number of nitrogens with one attached hydrogen (secondary N) is 1. The molecular weight excluding hydrogens is 534 g/mol. The topological polar surface area (TPSA) is 105 Å². The van der Waals surface area contributed by atoms with Crippen molar-refractivity contribution in [2.24, 2.45) is 0 Å². The number of rotatable bonds is 8. The van der Waals surface area contributed by atoms with Crippen LogP contribution in [0.3, 0.4) is 0 Å². The summed E-state index contributed by atoms with van der Waals surface area (Å²) in [6, 6.07) is 2.72. The van der Waals surface area contributed by atoms with Gasteiger partial charge in [0.25, 0.3) is 0 Å². The number of anilines is 1. The van der Waals surface area contributed by atoms with Gasteiger partial charge in [0, 0.05) is 67.2 Å². The Labute approximate surface area is 248 Å². The minimum atomic E-state index is -0.234. The Bertz CT molecular complexity index is 1300. The van der Waals surface area contributed by atoms with E-state index in [-0.39, 0.29) is 36.2 Å². The fourth-order valence-corrected chi connectivity index (χ4v) is 6.88. The Morgan fingerprint density at radius 1 is 1.14 bits per heavy atom. The lowest BCUT2D eigenvalue weighted by molar-refractivity contribution is -0.136. The summed E-state index contributed by atoms with van der Waals surface area (Å²) < 4.78 is 13.4. The second-order valence-corrected chi connectivity index (χ2v) is 13.0. The summed E-state index contributed by atoms with van der Waals surface area (Å²) in [5.41, 5.74) is 3.20. The lowest BCUT2D eigenvalue weighted by Crippen LogP contribution is -2.57. The minimum absolute atomic E-state index is 0.0287. The molecule has 2 aromatic heterocycles. The zero-order chi connectivity index (χ0) is 29.4. The molecule has 2 aromatic rings. The maximum Gasteiger partial charge on any atom is 0.410 e. The van der Waals surface area contributed by atoms with Gasteiger partial charge in [-0.15, -0.1) is 0 Å². The standard InChI is InChI=1S/C31H45N7O4/c1-20(2)26-17-32-38-28(16-27(34-30(26)38)21-9-12-41-13-10-21)33-22-14-23-7-8-24(15-22)37(23)31(40)42-25-18-36(19-25)29(39)6-5-11-35(3)4/h5-6,16-17,20-25,33H,7-15,18-19H2,1-4H3/b6-5+. The molecule has 4 fully saturated rings. The first-order valence-corrected chi connectivity index (χ1v) is 15.6. The van der Waals surface area contributed by atoms with Crippen molar-refractivity contribution >= 4 is 23.5 Å². The van der Waals surface area contributed by atoms with Crippen LogP contribution >= 0.6 is 0 Å². The largest absolute Gasteiger partial charge is 0.442 e. The van der Waals surface area contributed by atoms with Gasteiger partial charge in [0.15, 0.2) is 5.65 Å². The predicted octanol–water partition coefficient (Wildman–Crippen LogP) is 3.62. The van der Waals surface area contributed by atoms with Gasteiger partial charge >= 0.3 is 6.09 Å². The van der Waals surface area contributed by atoms with Gasteiger partial charge in [0.1, 0.15) is 11.9 Å². The van der Waals surface area contributed by atoms with E-state index in [1.807, 2.05) is 40.7 Å². The maximum absolute atomic E-state index is 13.2. The molecule has 11 nitrogen and oxygen atoms in total. The van der Waals surface area contributed by atoms with Crippen molar-refractivity contribution in [3.05, 3.63) is 35.7 Å².